The van der Waals surface area contributed by atoms with Crippen LogP contribution in [0.1, 0.15) is 0 Å². The van der Waals surface area contributed by atoms with Gasteiger partial charge in [-0.05, 0) is 17.5 Å². The van der Waals surface area contributed by atoms with Gasteiger partial charge < -0.3 is 9.80 Å². The molecular formula is C17H17N5OS2. The van der Waals surface area contributed by atoms with E-state index in [1.54, 1.807) is 0 Å². The molecule has 0 atom stereocenters. The number of amides is 2. The fourth-order valence-corrected chi connectivity index (χ4v) is 4.03. The van der Waals surface area contributed by atoms with Crippen LogP contribution >= 0.6 is 22.9 Å². The third-order valence-corrected chi connectivity index (χ3v) is 5.60. The third-order valence-electron chi connectivity index (χ3n) is 4.04. The monoisotopic (exact) mass is 371 g/mol. The normalized spacial score (nSPS) is 14.6. The largest absolute Gasteiger partial charge is 0.343 e. The summed E-state index contributed by atoms with van der Waals surface area (Å²) in [6, 6.07) is 13.8. The molecule has 0 spiro atoms. The molecule has 0 saturated carbocycles. The van der Waals surface area contributed by atoms with Crippen molar-refractivity contribution < 1.29 is 4.79 Å². The van der Waals surface area contributed by atoms with E-state index in [9.17, 15) is 4.79 Å². The number of urea groups is 1. The van der Waals surface area contributed by atoms with Gasteiger partial charge >= 0.3 is 6.03 Å². The molecular weight excluding hydrogens is 354 g/mol. The maximum atomic E-state index is 12.3. The van der Waals surface area contributed by atoms with Crippen LogP contribution in [0.5, 0.6) is 0 Å². The Morgan fingerprint density at radius 2 is 1.84 bits per heavy atom. The quantitative estimate of drug-likeness (QED) is 0.764. The molecule has 3 heterocycles. The zero-order valence-electron chi connectivity index (χ0n) is 13.5. The molecule has 0 bridgehead atoms. The van der Waals surface area contributed by atoms with Crippen LogP contribution in [0, 0.1) is 0 Å². The van der Waals surface area contributed by atoms with E-state index in [1.807, 2.05) is 52.7 Å². The van der Waals surface area contributed by atoms with Gasteiger partial charge in [-0.15, -0.1) is 11.3 Å². The number of benzene rings is 1. The zero-order valence-corrected chi connectivity index (χ0v) is 15.1. The Morgan fingerprint density at radius 3 is 2.56 bits per heavy atom. The maximum Gasteiger partial charge on any atom is 0.322 e. The van der Waals surface area contributed by atoms with Crippen LogP contribution in [0.15, 0.2) is 47.8 Å². The second-order valence-corrected chi connectivity index (χ2v) is 7.33. The summed E-state index contributed by atoms with van der Waals surface area (Å²) >= 11 is 2.94. The average molecular weight is 371 g/mol. The van der Waals surface area contributed by atoms with E-state index in [-0.39, 0.29) is 6.03 Å². The lowest BCUT2D eigenvalue weighted by Crippen LogP contribution is -2.50. The number of nitrogens with zero attached hydrogens (tertiary/aromatic N) is 4. The van der Waals surface area contributed by atoms with Crippen LogP contribution in [0.2, 0.25) is 0 Å². The topological polar surface area (TPSA) is 61.4 Å². The number of carbonyl (C=O) groups excluding carboxylic acids is 1. The Balaban J connectivity index is 1.36. The highest BCUT2D eigenvalue weighted by Gasteiger charge is 2.23. The Labute approximate surface area is 153 Å². The fourth-order valence-electron chi connectivity index (χ4n) is 2.68. The van der Waals surface area contributed by atoms with Gasteiger partial charge in [0.05, 0.1) is 5.00 Å². The van der Waals surface area contributed by atoms with E-state index in [2.05, 4.69) is 19.6 Å². The summed E-state index contributed by atoms with van der Waals surface area (Å²) in [5.41, 5.74) is 1.03. The molecule has 1 fully saturated rings. The van der Waals surface area contributed by atoms with Gasteiger partial charge in [0.25, 0.3) is 0 Å². The number of rotatable bonds is 3. The Morgan fingerprint density at radius 1 is 1.04 bits per heavy atom. The van der Waals surface area contributed by atoms with Gasteiger partial charge in [-0.1, -0.05) is 30.3 Å². The van der Waals surface area contributed by atoms with Crippen molar-refractivity contribution in [1.82, 2.24) is 14.3 Å². The second kappa shape index (κ2) is 7.20. The second-order valence-electron chi connectivity index (χ2n) is 5.65. The minimum atomic E-state index is -0.0376. The van der Waals surface area contributed by atoms with E-state index in [0.29, 0.717) is 13.1 Å². The molecule has 1 saturated heterocycles. The molecule has 2 amide bonds. The van der Waals surface area contributed by atoms with Crippen molar-refractivity contribution in [2.75, 3.05) is 36.4 Å². The number of aromatic nitrogens is 2. The highest BCUT2D eigenvalue weighted by molar-refractivity contribution is 7.14. The molecule has 0 aliphatic carbocycles. The third kappa shape index (κ3) is 3.64. The van der Waals surface area contributed by atoms with Crippen molar-refractivity contribution in [3.05, 3.63) is 47.8 Å². The average Bonchev–Trinajstić information content (AvgIpc) is 3.34. The minimum Gasteiger partial charge on any atom is -0.343 e. The summed E-state index contributed by atoms with van der Waals surface area (Å²) in [5, 5.41) is 6.68. The number of thiophene rings is 1. The van der Waals surface area contributed by atoms with Crippen LogP contribution in [0.4, 0.5) is 14.9 Å². The molecule has 128 valence electrons. The van der Waals surface area contributed by atoms with Crippen molar-refractivity contribution in [2.24, 2.45) is 0 Å². The number of nitrogens with one attached hydrogen (secondary N) is 1. The summed E-state index contributed by atoms with van der Waals surface area (Å²) in [6.07, 6.45) is 0. The van der Waals surface area contributed by atoms with Gasteiger partial charge in [-0.25, -0.2) is 4.79 Å². The standard InChI is InChI=1S/C17H17N5OS2/c23-16(18-14-7-4-12-24-14)21-8-10-22(11-9-21)17-19-15(20-25-17)13-5-2-1-3-6-13/h1-7,12H,8-11H2,(H,18,23). The number of anilines is 2. The summed E-state index contributed by atoms with van der Waals surface area (Å²) in [7, 11) is 0. The first kappa shape index (κ1) is 16.0. The van der Waals surface area contributed by atoms with Crippen molar-refractivity contribution in [2.45, 2.75) is 0 Å². The van der Waals surface area contributed by atoms with Crippen molar-refractivity contribution in [3.63, 3.8) is 0 Å². The number of carbonyl (C=O) groups is 1. The molecule has 0 radical (unpaired) electrons. The molecule has 4 rings (SSSR count). The maximum absolute atomic E-state index is 12.3. The van der Waals surface area contributed by atoms with Crippen LogP contribution in [0.25, 0.3) is 11.4 Å². The molecule has 6 nitrogen and oxygen atoms in total. The van der Waals surface area contributed by atoms with Crippen LogP contribution in [0.3, 0.4) is 0 Å². The van der Waals surface area contributed by atoms with E-state index in [0.717, 1.165) is 34.6 Å². The molecule has 1 N–H and O–H groups in total. The summed E-state index contributed by atoms with van der Waals surface area (Å²) in [4.78, 5) is 21.0. The van der Waals surface area contributed by atoms with E-state index in [4.69, 9.17) is 0 Å². The van der Waals surface area contributed by atoms with Gasteiger partial charge in [0.15, 0.2) is 5.82 Å². The smallest absolute Gasteiger partial charge is 0.322 e. The first-order chi connectivity index (χ1) is 12.3. The van der Waals surface area contributed by atoms with E-state index < -0.39 is 0 Å². The van der Waals surface area contributed by atoms with E-state index >= 15 is 0 Å². The van der Waals surface area contributed by atoms with Gasteiger partial charge in [0.2, 0.25) is 5.13 Å². The van der Waals surface area contributed by atoms with Crippen molar-refractivity contribution >= 4 is 39.0 Å². The van der Waals surface area contributed by atoms with Gasteiger partial charge in [-0.3, -0.25) is 5.32 Å². The Hall–Kier alpha value is -2.45. The number of hydrogen-bond donors (Lipinski definition) is 1. The molecule has 1 aromatic carbocycles. The first-order valence-electron chi connectivity index (χ1n) is 8.03. The molecule has 0 unspecified atom stereocenters. The van der Waals surface area contributed by atoms with Crippen LogP contribution in [-0.4, -0.2) is 46.5 Å². The van der Waals surface area contributed by atoms with Gasteiger partial charge in [0, 0.05) is 43.3 Å². The fraction of sp³-hybridized carbons (Fsp3) is 0.235. The molecule has 3 aromatic rings. The summed E-state index contributed by atoms with van der Waals surface area (Å²) in [6.45, 7) is 2.89. The van der Waals surface area contributed by atoms with Gasteiger partial charge in [-0.2, -0.15) is 9.36 Å². The molecule has 25 heavy (non-hydrogen) atoms. The van der Waals surface area contributed by atoms with Crippen LogP contribution in [-0.2, 0) is 0 Å². The van der Waals surface area contributed by atoms with E-state index in [1.165, 1.54) is 22.9 Å². The summed E-state index contributed by atoms with van der Waals surface area (Å²) < 4.78 is 4.46. The molecule has 8 heteroatoms. The lowest BCUT2D eigenvalue weighted by molar-refractivity contribution is 0.208. The van der Waals surface area contributed by atoms with Crippen LogP contribution < -0.4 is 10.2 Å². The molecule has 1 aliphatic rings. The SMILES string of the molecule is O=C(Nc1cccs1)N1CCN(c2nc(-c3ccccc3)ns2)CC1. The van der Waals surface area contributed by atoms with Crippen molar-refractivity contribution in [3.8, 4) is 11.4 Å². The lowest BCUT2D eigenvalue weighted by atomic mass is 10.2. The van der Waals surface area contributed by atoms with Gasteiger partial charge in [0.1, 0.15) is 0 Å². The Bertz CT molecular complexity index is 826. The van der Waals surface area contributed by atoms with Crippen molar-refractivity contribution in [1.29, 1.82) is 0 Å². The molecule has 2 aromatic heterocycles. The Kier molecular flexibility index (Phi) is 4.62. The number of hydrogen-bond acceptors (Lipinski definition) is 6. The zero-order chi connectivity index (χ0) is 17.1. The summed E-state index contributed by atoms with van der Waals surface area (Å²) in [5.74, 6) is 0.762. The molecule has 1 aliphatic heterocycles. The predicted molar refractivity (Wildman–Crippen MR) is 102 cm³/mol. The highest BCUT2D eigenvalue weighted by atomic mass is 32.1. The first-order valence-corrected chi connectivity index (χ1v) is 9.68. The highest BCUT2D eigenvalue weighted by Crippen LogP contribution is 2.25. The number of piperazine rings is 1. The lowest BCUT2D eigenvalue weighted by Gasteiger charge is -2.34. The minimum absolute atomic E-state index is 0.0376. The predicted octanol–water partition coefficient (Wildman–Crippen LogP) is 3.62.